The first kappa shape index (κ1) is 11.6. The average molecular weight is 272 g/mol. The van der Waals surface area contributed by atoms with Crippen molar-refractivity contribution < 1.29 is 0 Å². The van der Waals surface area contributed by atoms with Crippen LogP contribution in [0.15, 0.2) is 47.2 Å². The van der Waals surface area contributed by atoms with E-state index in [9.17, 15) is 0 Å². The third-order valence-electron chi connectivity index (χ3n) is 2.69. The highest BCUT2D eigenvalue weighted by molar-refractivity contribution is 7.20. The standard InChI is InChI=1S/C14H12N2S2/c15-8-10-3-1-4-11(7-10)12-9-18-14(16-12)13-5-2-6-17-13/h1-7,9H,8,15H2. The molecule has 4 heteroatoms. The van der Waals surface area contributed by atoms with Crippen molar-refractivity contribution in [2.75, 3.05) is 0 Å². The molecular weight excluding hydrogens is 260 g/mol. The van der Waals surface area contributed by atoms with Gasteiger partial charge in [0.1, 0.15) is 5.01 Å². The number of rotatable bonds is 3. The predicted molar refractivity (Wildman–Crippen MR) is 78.8 cm³/mol. The number of thiazole rings is 1. The highest BCUT2D eigenvalue weighted by atomic mass is 32.1. The van der Waals surface area contributed by atoms with Crippen molar-refractivity contribution in [3.8, 4) is 21.1 Å². The van der Waals surface area contributed by atoms with E-state index in [1.807, 2.05) is 12.1 Å². The fraction of sp³-hybridized carbons (Fsp3) is 0.0714. The van der Waals surface area contributed by atoms with E-state index in [1.165, 1.54) is 4.88 Å². The van der Waals surface area contributed by atoms with Gasteiger partial charge in [-0.15, -0.1) is 22.7 Å². The lowest BCUT2D eigenvalue weighted by Crippen LogP contribution is -1.95. The maximum Gasteiger partial charge on any atom is 0.134 e. The van der Waals surface area contributed by atoms with E-state index in [-0.39, 0.29) is 0 Å². The van der Waals surface area contributed by atoms with Crippen LogP contribution in [0.5, 0.6) is 0 Å². The number of hydrogen-bond acceptors (Lipinski definition) is 4. The SMILES string of the molecule is NCc1cccc(-c2csc(-c3cccs3)n2)c1. The van der Waals surface area contributed by atoms with Gasteiger partial charge in [-0.3, -0.25) is 0 Å². The Hall–Kier alpha value is -1.49. The molecule has 0 saturated carbocycles. The maximum atomic E-state index is 5.66. The molecule has 0 aliphatic heterocycles. The molecule has 0 saturated heterocycles. The highest BCUT2D eigenvalue weighted by Crippen LogP contribution is 2.31. The minimum Gasteiger partial charge on any atom is -0.326 e. The molecule has 0 fully saturated rings. The second kappa shape index (κ2) is 5.02. The van der Waals surface area contributed by atoms with Crippen molar-refractivity contribution in [2.24, 2.45) is 5.73 Å². The van der Waals surface area contributed by atoms with E-state index in [2.05, 4.69) is 40.0 Å². The van der Waals surface area contributed by atoms with Crippen molar-refractivity contribution in [1.29, 1.82) is 0 Å². The smallest absolute Gasteiger partial charge is 0.134 e. The van der Waals surface area contributed by atoms with Gasteiger partial charge in [0, 0.05) is 17.5 Å². The molecule has 90 valence electrons. The zero-order valence-corrected chi connectivity index (χ0v) is 11.3. The molecule has 0 atom stereocenters. The van der Waals surface area contributed by atoms with Gasteiger partial charge >= 0.3 is 0 Å². The molecule has 2 aromatic heterocycles. The largest absolute Gasteiger partial charge is 0.326 e. The number of benzene rings is 1. The van der Waals surface area contributed by atoms with Crippen molar-refractivity contribution in [3.63, 3.8) is 0 Å². The topological polar surface area (TPSA) is 38.9 Å². The summed E-state index contributed by atoms with van der Waals surface area (Å²) >= 11 is 3.40. The van der Waals surface area contributed by atoms with Gasteiger partial charge in [0.2, 0.25) is 0 Å². The molecule has 0 bridgehead atoms. The fourth-order valence-corrected chi connectivity index (χ4v) is 3.42. The van der Waals surface area contributed by atoms with E-state index in [0.29, 0.717) is 6.54 Å². The molecule has 3 rings (SSSR count). The first-order valence-corrected chi connectivity index (χ1v) is 7.41. The van der Waals surface area contributed by atoms with Crippen LogP contribution in [0, 0.1) is 0 Å². The van der Waals surface area contributed by atoms with Crippen LogP contribution in [0.1, 0.15) is 5.56 Å². The molecule has 18 heavy (non-hydrogen) atoms. The Morgan fingerprint density at radius 3 is 2.83 bits per heavy atom. The second-order valence-electron chi connectivity index (χ2n) is 3.92. The van der Waals surface area contributed by atoms with Gasteiger partial charge in [-0.1, -0.05) is 24.3 Å². The van der Waals surface area contributed by atoms with Crippen LogP contribution in [0.4, 0.5) is 0 Å². The molecule has 1 aromatic carbocycles. The fourth-order valence-electron chi connectivity index (χ4n) is 1.78. The monoisotopic (exact) mass is 272 g/mol. The van der Waals surface area contributed by atoms with Crippen LogP contribution in [-0.4, -0.2) is 4.98 Å². The van der Waals surface area contributed by atoms with Crippen LogP contribution in [-0.2, 0) is 6.54 Å². The zero-order valence-electron chi connectivity index (χ0n) is 9.67. The van der Waals surface area contributed by atoms with Gasteiger partial charge in [0.25, 0.3) is 0 Å². The first-order chi connectivity index (χ1) is 8.86. The summed E-state index contributed by atoms with van der Waals surface area (Å²) in [6, 6.07) is 12.4. The molecule has 0 unspecified atom stereocenters. The number of nitrogens with zero attached hydrogens (tertiary/aromatic N) is 1. The lowest BCUT2D eigenvalue weighted by molar-refractivity contribution is 1.07. The number of aromatic nitrogens is 1. The van der Waals surface area contributed by atoms with Gasteiger partial charge < -0.3 is 5.73 Å². The summed E-state index contributed by atoms with van der Waals surface area (Å²) in [6.07, 6.45) is 0. The van der Waals surface area contributed by atoms with Crippen molar-refractivity contribution in [2.45, 2.75) is 6.54 Å². The summed E-state index contributed by atoms with van der Waals surface area (Å²) in [6.45, 7) is 0.565. The van der Waals surface area contributed by atoms with Gasteiger partial charge in [-0.05, 0) is 23.1 Å². The third kappa shape index (κ3) is 2.22. The summed E-state index contributed by atoms with van der Waals surface area (Å²) < 4.78 is 0. The average Bonchev–Trinajstić information content (AvgIpc) is 3.09. The molecule has 0 radical (unpaired) electrons. The number of nitrogens with two attached hydrogens (primary N) is 1. The summed E-state index contributed by atoms with van der Waals surface area (Å²) in [5.41, 5.74) is 8.96. The summed E-state index contributed by atoms with van der Waals surface area (Å²) in [5.74, 6) is 0. The second-order valence-corrected chi connectivity index (χ2v) is 5.73. The van der Waals surface area contributed by atoms with Crippen LogP contribution in [0.3, 0.4) is 0 Å². The van der Waals surface area contributed by atoms with Crippen molar-refractivity contribution in [3.05, 3.63) is 52.7 Å². The number of thiophene rings is 1. The Labute approximate surface area is 114 Å². The van der Waals surface area contributed by atoms with E-state index in [4.69, 9.17) is 5.73 Å². The normalized spacial score (nSPS) is 10.7. The summed E-state index contributed by atoms with van der Waals surface area (Å²) in [7, 11) is 0. The molecule has 0 spiro atoms. The Balaban J connectivity index is 1.97. The van der Waals surface area contributed by atoms with Crippen LogP contribution >= 0.6 is 22.7 Å². The Morgan fingerprint density at radius 2 is 2.06 bits per heavy atom. The van der Waals surface area contributed by atoms with Crippen molar-refractivity contribution in [1.82, 2.24) is 4.98 Å². The predicted octanol–water partition coefficient (Wildman–Crippen LogP) is 4.00. The minimum absolute atomic E-state index is 0.565. The maximum absolute atomic E-state index is 5.66. The molecule has 3 aromatic rings. The molecule has 2 nitrogen and oxygen atoms in total. The Kier molecular flexibility index (Phi) is 3.23. The lowest BCUT2D eigenvalue weighted by atomic mass is 10.1. The van der Waals surface area contributed by atoms with Crippen LogP contribution < -0.4 is 5.73 Å². The molecular formula is C14H12N2S2. The lowest BCUT2D eigenvalue weighted by Gasteiger charge is -2.00. The molecule has 0 amide bonds. The molecule has 2 heterocycles. The van der Waals surface area contributed by atoms with E-state index < -0.39 is 0 Å². The van der Waals surface area contributed by atoms with E-state index >= 15 is 0 Å². The van der Waals surface area contributed by atoms with Gasteiger partial charge in [0.15, 0.2) is 0 Å². The van der Waals surface area contributed by atoms with E-state index in [1.54, 1.807) is 22.7 Å². The highest BCUT2D eigenvalue weighted by Gasteiger charge is 2.07. The zero-order chi connectivity index (χ0) is 12.4. The third-order valence-corrected chi connectivity index (χ3v) is 4.58. The number of hydrogen-bond donors (Lipinski definition) is 1. The van der Waals surface area contributed by atoms with Gasteiger partial charge in [0.05, 0.1) is 10.6 Å². The molecule has 0 aliphatic rings. The minimum atomic E-state index is 0.565. The molecule has 0 aliphatic carbocycles. The van der Waals surface area contributed by atoms with Gasteiger partial charge in [-0.25, -0.2) is 4.98 Å². The molecule has 2 N–H and O–H groups in total. The van der Waals surface area contributed by atoms with E-state index in [0.717, 1.165) is 21.8 Å². The summed E-state index contributed by atoms with van der Waals surface area (Å²) in [5, 5.41) is 5.26. The Morgan fingerprint density at radius 1 is 1.11 bits per heavy atom. The van der Waals surface area contributed by atoms with Gasteiger partial charge in [-0.2, -0.15) is 0 Å². The Bertz CT molecular complexity index is 641. The van der Waals surface area contributed by atoms with Crippen LogP contribution in [0.25, 0.3) is 21.1 Å². The summed E-state index contributed by atoms with van der Waals surface area (Å²) in [4.78, 5) is 5.91. The first-order valence-electron chi connectivity index (χ1n) is 5.65. The van der Waals surface area contributed by atoms with Crippen molar-refractivity contribution >= 4 is 22.7 Å². The van der Waals surface area contributed by atoms with Crippen LogP contribution in [0.2, 0.25) is 0 Å². The quantitative estimate of drug-likeness (QED) is 0.782.